The second-order valence-electron chi connectivity index (χ2n) is 4.16. The predicted octanol–water partition coefficient (Wildman–Crippen LogP) is 0.874. The molecular formula is C12H13BrFN3O3. The third kappa shape index (κ3) is 4.61. The zero-order valence-electron chi connectivity index (χ0n) is 10.8. The fraction of sp³-hybridized carbons (Fsp3) is 0.250. The molecule has 1 aromatic rings. The number of rotatable bonds is 2. The van der Waals surface area contributed by atoms with E-state index in [1.54, 1.807) is 13.8 Å². The lowest BCUT2D eigenvalue weighted by molar-refractivity contribution is -0.139. The van der Waals surface area contributed by atoms with E-state index in [4.69, 9.17) is 0 Å². The summed E-state index contributed by atoms with van der Waals surface area (Å²) < 4.78 is 14.0. The number of amides is 3. The van der Waals surface area contributed by atoms with Gasteiger partial charge >= 0.3 is 11.8 Å². The number of halogens is 2. The molecular weight excluding hydrogens is 333 g/mol. The van der Waals surface area contributed by atoms with Gasteiger partial charge in [-0.2, -0.15) is 0 Å². The van der Waals surface area contributed by atoms with Crippen molar-refractivity contribution in [3.8, 4) is 0 Å². The van der Waals surface area contributed by atoms with Gasteiger partial charge in [-0.15, -0.1) is 0 Å². The van der Waals surface area contributed by atoms with Gasteiger partial charge in [-0.05, 0) is 32.0 Å². The fourth-order valence-electron chi connectivity index (χ4n) is 1.24. The van der Waals surface area contributed by atoms with Crippen LogP contribution in [0.15, 0.2) is 22.7 Å². The molecule has 0 aliphatic rings. The molecule has 0 radical (unpaired) electrons. The smallest absolute Gasteiger partial charge is 0.327 e. The fourth-order valence-corrected chi connectivity index (χ4v) is 1.57. The van der Waals surface area contributed by atoms with Gasteiger partial charge in [-0.25, -0.2) is 4.39 Å². The van der Waals surface area contributed by atoms with Crippen LogP contribution in [0.1, 0.15) is 24.2 Å². The van der Waals surface area contributed by atoms with E-state index in [0.717, 1.165) is 6.07 Å². The van der Waals surface area contributed by atoms with Gasteiger partial charge < -0.3 is 5.32 Å². The lowest BCUT2D eigenvalue weighted by Crippen LogP contribution is -2.49. The van der Waals surface area contributed by atoms with Crippen LogP contribution in [0.3, 0.4) is 0 Å². The van der Waals surface area contributed by atoms with E-state index in [1.807, 2.05) is 10.9 Å². The van der Waals surface area contributed by atoms with Crippen molar-refractivity contribution in [1.82, 2.24) is 16.2 Å². The molecule has 3 amide bonds. The van der Waals surface area contributed by atoms with Crippen LogP contribution in [-0.4, -0.2) is 23.8 Å². The van der Waals surface area contributed by atoms with Crippen molar-refractivity contribution in [3.05, 3.63) is 34.1 Å². The third-order valence-corrected chi connectivity index (χ3v) is 2.58. The summed E-state index contributed by atoms with van der Waals surface area (Å²) in [5, 5.41) is 2.34. The molecule has 1 rings (SSSR count). The van der Waals surface area contributed by atoms with Crippen molar-refractivity contribution in [3.63, 3.8) is 0 Å². The van der Waals surface area contributed by atoms with Gasteiger partial charge in [0.15, 0.2) is 0 Å². The first-order valence-electron chi connectivity index (χ1n) is 5.67. The lowest BCUT2D eigenvalue weighted by atomic mass is 10.2. The number of nitrogens with one attached hydrogen (secondary N) is 3. The Bertz CT molecular complexity index is 549. The van der Waals surface area contributed by atoms with Crippen LogP contribution in [0.25, 0.3) is 0 Å². The predicted molar refractivity (Wildman–Crippen MR) is 73.0 cm³/mol. The molecule has 20 heavy (non-hydrogen) atoms. The van der Waals surface area contributed by atoms with Crippen molar-refractivity contribution in [2.75, 3.05) is 0 Å². The summed E-state index contributed by atoms with van der Waals surface area (Å²) in [4.78, 5) is 34.2. The number of hydrogen-bond donors (Lipinski definition) is 3. The summed E-state index contributed by atoms with van der Waals surface area (Å²) in [5.74, 6) is -3.54. The van der Waals surface area contributed by atoms with Gasteiger partial charge in [0.1, 0.15) is 5.82 Å². The van der Waals surface area contributed by atoms with E-state index in [-0.39, 0.29) is 11.6 Å². The number of hydrazine groups is 1. The molecule has 0 bridgehead atoms. The molecule has 8 heteroatoms. The topological polar surface area (TPSA) is 87.3 Å². The van der Waals surface area contributed by atoms with Crippen molar-refractivity contribution >= 4 is 33.7 Å². The Morgan fingerprint density at radius 1 is 1.15 bits per heavy atom. The quantitative estimate of drug-likeness (QED) is 0.549. The summed E-state index contributed by atoms with van der Waals surface area (Å²) in [6.45, 7) is 3.36. The first-order valence-corrected chi connectivity index (χ1v) is 6.46. The van der Waals surface area contributed by atoms with E-state index in [9.17, 15) is 18.8 Å². The molecule has 0 heterocycles. The summed E-state index contributed by atoms with van der Waals surface area (Å²) >= 11 is 3.06. The largest absolute Gasteiger partial charge is 0.346 e. The number of hydrogen-bond acceptors (Lipinski definition) is 3. The first-order chi connectivity index (χ1) is 9.31. The molecule has 0 aromatic heterocycles. The minimum atomic E-state index is -1.04. The Labute approximate surface area is 123 Å². The molecule has 0 fully saturated rings. The molecule has 0 saturated carbocycles. The second kappa shape index (κ2) is 6.99. The summed E-state index contributed by atoms with van der Waals surface area (Å²) in [6, 6.07) is 3.62. The van der Waals surface area contributed by atoms with Gasteiger partial charge in [-0.3, -0.25) is 25.2 Å². The highest BCUT2D eigenvalue weighted by Crippen LogP contribution is 2.14. The third-order valence-electron chi connectivity index (χ3n) is 2.09. The van der Waals surface area contributed by atoms with Gasteiger partial charge in [0.2, 0.25) is 0 Å². The second-order valence-corrected chi connectivity index (χ2v) is 5.08. The van der Waals surface area contributed by atoms with Crippen molar-refractivity contribution in [1.29, 1.82) is 0 Å². The highest BCUT2D eigenvalue weighted by molar-refractivity contribution is 9.10. The van der Waals surface area contributed by atoms with Crippen LogP contribution in [0, 0.1) is 5.82 Å². The van der Waals surface area contributed by atoms with E-state index in [1.165, 1.54) is 12.1 Å². The molecule has 0 aliphatic carbocycles. The number of carbonyl (C=O) groups is 3. The Morgan fingerprint density at radius 2 is 1.80 bits per heavy atom. The minimum absolute atomic E-state index is 0.215. The van der Waals surface area contributed by atoms with Gasteiger partial charge in [0, 0.05) is 10.5 Å². The summed E-state index contributed by atoms with van der Waals surface area (Å²) in [7, 11) is 0. The van der Waals surface area contributed by atoms with Crippen molar-refractivity contribution < 1.29 is 18.8 Å². The molecule has 0 unspecified atom stereocenters. The Morgan fingerprint density at radius 3 is 2.35 bits per heavy atom. The zero-order valence-corrected chi connectivity index (χ0v) is 12.4. The number of carbonyl (C=O) groups excluding carboxylic acids is 3. The molecule has 3 N–H and O–H groups in total. The van der Waals surface area contributed by atoms with Crippen LogP contribution in [0.2, 0.25) is 0 Å². The van der Waals surface area contributed by atoms with Gasteiger partial charge in [-0.1, -0.05) is 15.9 Å². The van der Waals surface area contributed by atoms with Crippen molar-refractivity contribution in [2.24, 2.45) is 0 Å². The highest BCUT2D eigenvalue weighted by Gasteiger charge is 2.17. The molecule has 0 atom stereocenters. The van der Waals surface area contributed by atoms with Crippen LogP contribution in [0.5, 0.6) is 0 Å². The maximum atomic E-state index is 13.5. The standard InChI is InChI=1S/C12H13BrFN3O3/c1-6(2)15-11(19)12(20)17-16-10(18)8-4-3-7(13)5-9(8)14/h3-6H,1-2H3,(H,15,19)(H,16,18)(H,17,20). The van der Waals surface area contributed by atoms with E-state index in [2.05, 4.69) is 21.2 Å². The normalized spacial score (nSPS) is 10.1. The van der Waals surface area contributed by atoms with Crippen LogP contribution >= 0.6 is 15.9 Å². The minimum Gasteiger partial charge on any atom is -0.346 e. The summed E-state index contributed by atoms with van der Waals surface area (Å²) in [6.07, 6.45) is 0. The molecule has 1 aromatic carbocycles. The van der Waals surface area contributed by atoms with Crippen LogP contribution < -0.4 is 16.2 Å². The van der Waals surface area contributed by atoms with Gasteiger partial charge in [0.25, 0.3) is 5.91 Å². The maximum Gasteiger partial charge on any atom is 0.327 e. The Hall–Kier alpha value is -1.96. The Balaban J connectivity index is 2.59. The number of benzene rings is 1. The van der Waals surface area contributed by atoms with E-state index in [0.29, 0.717) is 4.47 Å². The molecule has 0 spiro atoms. The molecule has 108 valence electrons. The molecule has 0 aliphatic heterocycles. The summed E-state index contributed by atoms with van der Waals surface area (Å²) in [5.41, 5.74) is 3.61. The van der Waals surface area contributed by atoms with Crippen molar-refractivity contribution in [2.45, 2.75) is 19.9 Å². The SMILES string of the molecule is CC(C)NC(=O)C(=O)NNC(=O)c1ccc(Br)cc1F. The molecule has 0 saturated heterocycles. The lowest BCUT2D eigenvalue weighted by Gasteiger charge is -2.10. The Kier molecular flexibility index (Phi) is 5.63. The maximum absolute atomic E-state index is 13.5. The van der Waals surface area contributed by atoms with Crippen LogP contribution in [-0.2, 0) is 9.59 Å². The zero-order chi connectivity index (χ0) is 15.3. The van der Waals surface area contributed by atoms with Crippen LogP contribution in [0.4, 0.5) is 4.39 Å². The monoisotopic (exact) mass is 345 g/mol. The van der Waals surface area contributed by atoms with E-state index < -0.39 is 23.5 Å². The first kappa shape index (κ1) is 16.1. The highest BCUT2D eigenvalue weighted by atomic mass is 79.9. The van der Waals surface area contributed by atoms with E-state index >= 15 is 0 Å². The molecule has 6 nitrogen and oxygen atoms in total. The average molecular weight is 346 g/mol. The average Bonchev–Trinajstić information content (AvgIpc) is 2.34. The van der Waals surface area contributed by atoms with Gasteiger partial charge in [0.05, 0.1) is 5.56 Å².